The molecule has 0 spiro atoms. The SMILES string of the molecule is COC(=O)c1cc(C)c(-c2sc(-c3cc(C)c(I)s3)cc2C)s1. The monoisotopic (exact) mass is 474 g/mol. The van der Waals surface area contributed by atoms with Gasteiger partial charge in [0.05, 0.1) is 9.99 Å². The lowest BCUT2D eigenvalue weighted by Gasteiger charge is -1.97. The highest BCUT2D eigenvalue weighted by atomic mass is 127. The molecule has 0 N–H and O–H groups in total. The molecule has 0 aromatic carbocycles. The molecule has 23 heavy (non-hydrogen) atoms. The van der Waals surface area contributed by atoms with Crippen molar-refractivity contribution in [2.24, 2.45) is 0 Å². The van der Waals surface area contributed by atoms with E-state index in [4.69, 9.17) is 4.74 Å². The normalized spacial score (nSPS) is 11.0. The highest BCUT2D eigenvalue weighted by molar-refractivity contribution is 14.1. The molecule has 0 fully saturated rings. The van der Waals surface area contributed by atoms with Crippen LogP contribution in [-0.2, 0) is 4.74 Å². The van der Waals surface area contributed by atoms with Crippen molar-refractivity contribution < 1.29 is 9.53 Å². The van der Waals surface area contributed by atoms with Gasteiger partial charge in [0.25, 0.3) is 0 Å². The molecule has 0 radical (unpaired) electrons. The van der Waals surface area contributed by atoms with Gasteiger partial charge in [-0.2, -0.15) is 0 Å². The number of rotatable bonds is 3. The van der Waals surface area contributed by atoms with Crippen LogP contribution in [0, 0.1) is 23.7 Å². The quantitative estimate of drug-likeness (QED) is 0.319. The molecule has 3 aromatic rings. The van der Waals surface area contributed by atoms with Gasteiger partial charge in [0.1, 0.15) is 4.88 Å². The Morgan fingerprint density at radius 1 is 0.913 bits per heavy atom. The van der Waals surface area contributed by atoms with Gasteiger partial charge in [-0.05, 0) is 78.3 Å². The van der Waals surface area contributed by atoms with Gasteiger partial charge in [0, 0.05) is 19.5 Å². The molecular formula is C17H15IO2S3. The summed E-state index contributed by atoms with van der Waals surface area (Å²) in [6.07, 6.45) is 0. The van der Waals surface area contributed by atoms with Crippen molar-refractivity contribution in [1.29, 1.82) is 0 Å². The second-order valence-electron chi connectivity index (χ2n) is 5.30. The number of esters is 1. The highest BCUT2D eigenvalue weighted by Crippen LogP contribution is 2.44. The number of thiophene rings is 3. The average Bonchev–Trinajstić information content (AvgIpc) is 3.17. The molecule has 0 aliphatic rings. The van der Waals surface area contributed by atoms with Gasteiger partial charge in [-0.25, -0.2) is 4.79 Å². The number of aryl methyl sites for hydroxylation is 3. The molecule has 2 nitrogen and oxygen atoms in total. The van der Waals surface area contributed by atoms with Gasteiger partial charge in [-0.3, -0.25) is 0 Å². The van der Waals surface area contributed by atoms with Crippen molar-refractivity contribution in [1.82, 2.24) is 0 Å². The largest absolute Gasteiger partial charge is 0.465 e. The third-order valence-corrected chi connectivity index (χ3v) is 8.88. The van der Waals surface area contributed by atoms with Crippen molar-refractivity contribution in [3.63, 3.8) is 0 Å². The van der Waals surface area contributed by atoms with E-state index < -0.39 is 0 Å². The number of hydrogen-bond donors (Lipinski definition) is 0. The lowest BCUT2D eigenvalue weighted by molar-refractivity contribution is 0.0606. The van der Waals surface area contributed by atoms with Crippen LogP contribution in [0.2, 0.25) is 0 Å². The molecule has 0 bridgehead atoms. The number of halogens is 1. The Morgan fingerprint density at radius 2 is 1.48 bits per heavy atom. The van der Waals surface area contributed by atoms with Crippen LogP contribution in [0.25, 0.3) is 19.5 Å². The molecule has 120 valence electrons. The van der Waals surface area contributed by atoms with Crippen molar-refractivity contribution in [2.45, 2.75) is 20.8 Å². The fraction of sp³-hybridized carbons (Fsp3) is 0.235. The summed E-state index contributed by atoms with van der Waals surface area (Å²) in [5.41, 5.74) is 3.72. The van der Waals surface area contributed by atoms with Crippen molar-refractivity contribution >= 4 is 62.6 Å². The smallest absolute Gasteiger partial charge is 0.348 e. The summed E-state index contributed by atoms with van der Waals surface area (Å²) in [6.45, 7) is 6.34. The van der Waals surface area contributed by atoms with E-state index in [-0.39, 0.29) is 5.97 Å². The van der Waals surface area contributed by atoms with E-state index in [9.17, 15) is 4.79 Å². The third kappa shape index (κ3) is 3.26. The topological polar surface area (TPSA) is 26.3 Å². The molecule has 0 unspecified atom stereocenters. The first-order valence-electron chi connectivity index (χ1n) is 6.96. The standard InChI is InChI=1S/C17H15IO2S3/c1-8-5-11(12-7-10(3)16(18)23-12)21-14(8)15-9(2)6-13(22-15)17(19)20-4/h5-7H,1-4H3. The van der Waals surface area contributed by atoms with Crippen LogP contribution >= 0.6 is 56.6 Å². The molecule has 6 heteroatoms. The highest BCUT2D eigenvalue weighted by Gasteiger charge is 2.18. The predicted octanol–water partition coefficient (Wildman–Crippen LogP) is 6.52. The van der Waals surface area contributed by atoms with Crippen molar-refractivity contribution in [3.05, 3.63) is 42.7 Å². The summed E-state index contributed by atoms with van der Waals surface area (Å²) in [6, 6.07) is 6.42. The molecule has 0 saturated heterocycles. The van der Waals surface area contributed by atoms with Gasteiger partial charge in [-0.15, -0.1) is 34.0 Å². The second-order valence-corrected chi connectivity index (χ2v) is 10.3. The van der Waals surface area contributed by atoms with E-state index >= 15 is 0 Å². The first-order chi connectivity index (χ1) is 10.9. The second kappa shape index (κ2) is 6.66. The summed E-state index contributed by atoms with van der Waals surface area (Å²) in [5.74, 6) is -0.262. The number of carbonyl (C=O) groups excluding carboxylic acids is 1. The first-order valence-corrected chi connectivity index (χ1v) is 10.5. The molecular weight excluding hydrogens is 459 g/mol. The number of carbonyl (C=O) groups is 1. The summed E-state index contributed by atoms with van der Waals surface area (Å²) in [7, 11) is 1.42. The molecule has 0 atom stereocenters. The maximum absolute atomic E-state index is 11.8. The van der Waals surface area contributed by atoms with Gasteiger partial charge >= 0.3 is 5.97 Å². The van der Waals surface area contributed by atoms with E-state index in [2.05, 4.69) is 55.5 Å². The van der Waals surface area contributed by atoms with Crippen LogP contribution in [-0.4, -0.2) is 13.1 Å². The third-order valence-electron chi connectivity index (χ3n) is 3.53. The fourth-order valence-electron chi connectivity index (χ4n) is 2.32. The lowest BCUT2D eigenvalue weighted by atomic mass is 10.2. The van der Waals surface area contributed by atoms with Gasteiger partial charge < -0.3 is 4.74 Å². The minimum atomic E-state index is -0.262. The zero-order chi connectivity index (χ0) is 16.7. The molecule has 3 aromatic heterocycles. The Morgan fingerprint density at radius 3 is 2.09 bits per heavy atom. The summed E-state index contributed by atoms with van der Waals surface area (Å²) in [5, 5.41) is 0. The van der Waals surface area contributed by atoms with E-state index in [1.807, 2.05) is 17.4 Å². The Labute approximate surface area is 161 Å². The summed E-state index contributed by atoms with van der Waals surface area (Å²) >= 11 is 7.54. The Kier molecular flexibility index (Phi) is 4.96. The number of hydrogen-bond acceptors (Lipinski definition) is 5. The lowest BCUT2D eigenvalue weighted by Crippen LogP contribution is -1.96. The van der Waals surface area contributed by atoms with Crippen LogP contribution in [0.3, 0.4) is 0 Å². The van der Waals surface area contributed by atoms with E-state index in [1.54, 1.807) is 11.3 Å². The van der Waals surface area contributed by atoms with Crippen LogP contribution in [0.4, 0.5) is 0 Å². The van der Waals surface area contributed by atoms with E-state index in [0.717, 1.165) is 5.56 Å². The summed E-state index contributed by atoms with van der Waals surface area (Å²) in [4.78, 5) is 17.4. The van der Waals surface area contributed by atoms with Gasteiger partial charge in [0.2, 0.25) is 0 Å². The zero-order valence-corrected chi connectivity index (χ0v) is 17.8. The summed E-state index contributed by atoms with van der Waals surface area (Å²) < 4.78 is 6.18. The maximum Gasteiger partial charge on any atom is 0.348 e. The van der Waals surface area contributed by atoms with Gasteiger partial charge in [-0.1, -0.05) is 0 Å². The van der Waals surface area contributed by atoms with Crippen LogP contribution in [0.5, 0.6) is 0 Å². The fourth-order valence-corrected chi connectivity index (χ4v) is 6.68. The van der Waals surface area contributed by atoms with Crippen molar-refractivity contribution in [2.75, 3.05) is 7.11 Å². The molecule has 0 amide bonds. The molecule has 0 aliphatic heterocycles. The Hall–Kier alpha value is -0.700. The van der Waals surface area contributed by atoms with E-state index in [1.165, 1.54) is 52.0 Å². The van der Waals surface area contributed by atoms with Crippen molar-refractivity contribution in [3.8, 4) is 19.5 Å². The predicted molar refractivity (Wildman–Crippen MR) is 109 cm³/mol. The van der Waals surface area contributed by atoms with Gasteiger partial charge in [0.15, 0.2) is 0 Å². The van der Waals surface area contributed by atoms with Crippen LogP contribution in [0.1, 0.15) is 26.4 Å². The Balaban J connectivity index is 2.05. The number of ether oxygens (including phenoxy) is 1. The molecule has 0 aliphatic carbocycles. The zero-order valence-electron chi connectivity index (χ0n) is 13.2. The molecule has 0 saturated carbocycles. The minimum Gasteiger partial charge on any atom is -0.465 e. The maximum atomic E-state index is 11.8. The molecule has 3 rings (SSSR count). The van der Waals surface area contributed by atoms with Crippen LogP contribution in [0.15, 0.2) is 18.2 Å². The Bertz CT molecular complexity index is 866. The van der Waals surface area contributed by atoms with E-state index in [0.29, 0.717) is 4.88 Å². The number of methoxy groups -OCH3 is 1. The van der Waals surface area contributed by atoms with Crippen LogP contribution < -0.4 is 0 Å². The minimum absolute atomic E-state index is 0.262. The first kappa shape index (κ1) is 17.1. The molecule has 3 heterocycles. The average molecular weight is 474 g/mol.